The van der Waals surface area contributed by atoms with E-state index in [4.69, 9.17) is 0 Å². The Morgan fingerprint density at radius 1 is 1.35 bits per heavy atom. The molecule has 0 aromatic heterocycles. The van der Waals surface area contributed by atoms with Gasteiger partial charge in [-0.3, -0.25) is 9.69 Å². The van der Waals surface area contributed by atoms with Crippen LogP contribution in [0.2, 0.25) is 0 Å². The minimum atomic E-state index is -0.620. The lowest BCUT2D eigenvalue weighted by atomic mass is 10.00. The molecule has 4 heteroatoms. The van der Waals surface area contributed by atoms with Crippen LogP contribution in [-0.2, 0) is 11.3 Å². The summed E-state index contributed by atoms with van der Waals surface area (Å²) in [5.41, 5.74) is 0.559. The molecule has 0 spiro atoms. The molecule has 0 unspecified atom stereocenters. The van der Waals surface area contributed by atoms with E-state index in [1.807, 2.05) is 42.3 Å². The molecule has 106 valence electrons. The highest BCUT2D eigenvalue weighted by atomic mass is 16.2. The van der Waals surface area contributed by atoms with E-state index in [2.05, 4.69) is 11.4 Å². The predicted molar refractivity (Wildman–Crippen MR) is 77.7 cm³/mol. The quantitative estimate of drug-likeness (QED) is 0.892. The average Bonchev–Trinajstić information content (AvgIpc) is 2.88. The third-order valence-corrected chi connectivity index (χ3v) is 3.76. The molecule has 0 heterocycles. The fourth-order valence-corrected chi connectivity index (χ4v) is 2.75. The van der Waals surface area contributed by atoms with Gasteiger partial charge in [0, 0.05) is 6.54 Å². The summed E-state index contributed by atoms with van der Waals surface area (Å²) in [7, 11) is 1.92. The molecule has 1 aromatic carbocycles. The zero-order valence-corrected chi connectivity index (χ0v) is 11.9. The molecule has 1 aliphatic carbocycles. The second-order valence-corrected chi connectivity index (χ2v) is 5.61. The van der Waals surface area contributed by atoms with Crippen molar-refractivity contribution in [2.45, 2.75) is 37.8 Å². The number of amides is 1. The SMILES string of the molecule is CN(CC(=O)NC1(C#N)CCCC1)Cc1ccccc1. The van der Waals surface area contributed by atoms with Crippen LogP contribution in [-0.4, -0.2) is 29.9 Å². The van der Waals surface area contributed by atoms with Gasteiger partial charge in [-0.05, 0) is 38.3 Å². The van der Waals surface area contributed by atoms with E-state index in [1.165, 1.54) is 5.56 Å². The molecule has 1 amide bonds. The van der Waals surface area contributed by atoms with Crippen molar-refractivity contribution >= 4 is 5.91 Å². The molecule has 0 bridgehead atoms. The molecule has 1 N–H and O–H groups in total. The van der Waals surface area contributed by atoms with Crippen LogP contribution in [0.25, 0.3) is 0 Å². The summed E-state index contributed by atoms with van der Waals surface area (Å²) in [5.74, 6) is -0.0631. The minimum Gasteiger partial charge on any atom is -0.337 e. The number of hydrogen-bond acceptors (Lipinski definition) is 3. The average molecular weight is 271 g/mol. The number of carbonyl (C=O) groups excluding carboxylic acids is 1. The lowest BCUT2D eigenvalue weighted by Gasteiger charge is -2.24. The summed E-state index contributed by atoms with van der Waals surface area (Å²) in [5, 5.41) is 12.2. The molecule has 0 atom stereocenters. The number of rotatable bonds is 5. The van der Waals surface area contributed by atoms with Crippen molar-refractivity contribution < 1.29 is 4.79 Å². The molecule has 2 rings (SSSR count). The Hall–Kier alpha value is -1.86. The summed E-state index contributed by atoms with van der Waals surface area (Å²) in [6.07, 6.45) is 3.59. The molecule has 1 aromatic rings. The zero-order chi connectivity index (χ0) is 14.4. The first kappa shape index (κ1) is 14.5. The van der Waals surface area contributed by atoms with Crippen molar-refractivity contribution in [2.75, 3.05) is 13.6 Å². The van der Waals surface area contributed by atoms with E-state index in [1.54, 1.807) is 0 Å². The van der Waals surface area contributed by atoms with Crippen LogP contribution in [0.1, 0.15) is 31.2 Å². The molecule has 0 aliphatic heterocycles. The van der Waals surface area contributed by atoms with Crippen LogP contribution in [0.3, 0.4) is 0 Å². The van der Waals surface area contributed by atoms with Gasteiger partial charge in [-0.2, -0.15) is 5.26 Å². The van der Waals surface area contributed by atoms with Gasteiger partial charge in [0.15, 0.2) is 0 Å². The van der Waals surface area contributed by atoms with Crippen LogP contribution in [0, 0.1) is 11.3 Å². The standard InChI is InChI=1S/C16H21N3O/c1-19(11-14-7-3-2-4-8-14)12-15(20)18-16(13-17)9-5-6-10-16/h2-4,7-8H,5-6,9-12H2,1H3,(H,18,20). The number of nitrogens with one attached hydrogen (secondary N) is 1. The summed E-state index contributed by atoms with van der Waals surface area (Å²) < 4.78 is 0. The van der Waals surface area contributed by atoms with Crippen molar-refractivity contribution in [1.29, 1.82) is 5.26 Å². The molecule has 4 nitrogen and oxygen atoms in total. The summed E-state index contributed by atoms with van der Waals surface area (Å²) >= 11 is 0. The monoisotopic (exact) mass is 271 g/mol. The topological polar surface area (TPSA) is 56.1 Å². The lowest BCUT2D eigenvalue weighted by Crippen LogP contribution is -2.48. The highest BCUT2D eigenvalue weighted by molar-refractivity contribution is 5.79. The van der Waals surface area contributed by atoms with Gasteiger partial charge in [-0.25, -0.2) is 0 Å². The molecule has 1 aliphatic rings. The van der Waals surface area contributed by atoms with Crippen molar-refractivity contribution in [2.24, 2.45) is 0 Å². The van der Waals surface area contributed by atoms with Crippen LogP contribution >= 0.6 is 0 Å². The van der Waals surface area contributed by atoms with E-state index < -0.39 is 5.54 Å². The number of nitrogens with zero attached hydrogens (tertiary/aromatic N) is 2. The second-order valence-electron chi connectivity index (χ2n) is 5.61. The first-order chi connectivity index (χ1) is 9.63. The fourth-order valence-electron chi connectivity index (χ4n) is 2.75. The normalized spacial score (nSPS) is 16.9. The molecule has 0 saturated heterocycles. The van der Waals surface area contributed by atoms with Gasteiger partial charge < -0.3 is 5.32 Å². The third kappa shape index (κ3) is 3.82. The van der Waals surface area contributed by atoms with Crippen molar-refractivity contribution in [3.63, 3.8) is 0 Å². The van der Waals surface area contributed by atoms with Crippen LogP contribution in [0.15, 0.2) is 30.3 Å². The van der Waals surface area contributed by atoms with Gasteiger partial charge in [-0.15, -0.1) is 0 Å². The van der Waals surface area contributed by atoms with E-state index >= 15 is 0 Å². The van der Waals surface area contributed by atoms with E-state index in [-0.39, 0.29) is 5.91 Å². The van der Waals surface area contributed by atoms with E-state index in [9.17, 15) is 10.1 Å². The molecule has 20 heavy (non-hydrogen) atoms. The van der Waals surface area contributed by atoms with Gasteiger partial charge in [0.2, 0.25) is 5.91 Å². The maximum Gasteiger partial charge on any atom is 0.235 e. The zero-order valence-electron chi connectivity index (χ0n) is 11.9. The Balaban J connectivity index is 1.84. The van der Waals surface area contributed by atoms with Gasteiger partial charge in [0.1, 0.15) is 5.54 Å². The van der Waals surface area contributed by atoms with Crippen molar-refractivity contribution in [1.82, 2.24) is 10.2 Å². The molecular weight excluding hydrogens is 250 g/mol. The summed E-state index contributed by atoms with van der Waals surface area (Å²) in [4.78, 5) is 14.0. The molecule has 1 saturated carbocycles. The largest absolute Gasteiger partial charge is 0.337 e. The smallest absolute Gasteiger partial charge is 0.235 e. The number of benzene rings is 1. The van der Waals surface area contributed by atoms with Gasteiger partial charge >= 0.3 is 0 Å². The number of carbonyl (C=O) groups is 1. The molecule has 1 fully saturated rings. The Labute approximate surface area is 120 Å². The van der Waals surface area contributed by atoms with Crippen LogP contribution in [0.4, 0.5) is 0 Å². The lowest BCUT2D eigenvalue weighted by molar-refractivity contribution is -0.123. The first-order valence-electron chi connectivity index (χ1n) is 7.08. The summed E-state index contributed by atoms with van der Waals surface area (Å²) in [6.45, 7) is 1.05. The summed E-state index contributed by atoms with van der Waals surface area (Å²) in [6, 6.07) is 12.3. The Morgan fingerprint density at radius 2 is 2.00 bits per heavy atom. The number of hydrogen-bond donors (Lipinski definition) is 1. The highest BCUT2D eigenvalue weighted by Crippen LogP contribution is 2.28. The maximum absolute atomic E-state index is 12.1. The first-order valence-corrected chi connectivity index (χ1v) is 7.08. The highest BCUT2D eigenvalue weighted by Gasteiger charge is 2.35. The third-order valence-electron chi connectivity index (χ3n) is 3.76. The Morgan fingerprint density at radius 3 is 2.60 bits per heavy atom. The minimum absolute atomic E-state index is 0.0631. The van der Waals surface area contributed by atoms with Crippen LogP contribution < -0.4 is 5.32 Å². The van der Waals surface area contributed by atoms with E-state index in [0.29, 0.717) is 6.54 Å². The van der Waals surface area contributed by atoms with Gasteiger partial charge in [0.05, 0.1) is 12.6 Å². The van der Waals surface area contributed by atoms with Crippen molar-refractivity contribution in [3.05, 3.63) is 35.9 Å². The number of likely N-dealkylation sites (N-methyl/N-ethyl adjacent to an activating group) is 1. The van der Waals surface area contributed by atoms with Gasteiger partial charge in [0.25, 0.3) is 0 Å². The molecular formula is C16H21N3O. The van der Waals surface area contributed by atoms with Crippen molar-refractivity contribution in [3.8, 4) is 6.07 Å². The Bertz CT molecular complexity index is 486. The van der Waals surface area contributed by atoms with Crippen LogP contribution in [0.5, 0.6) is 0 Å². The molecule has 0 radical (unpaired) electrons. The predicted octanol–water partition coefficient (Wildman–Crippen LogP) is 2.07. The van der Waals surface area contributed by atoms with E-state index in [0.717, 1.165) is 32.2 Å². The fraction of sp³-hybridized carbons (Fsp3) is 0.500. The maximum atomic E-state index is 12.1. The Kier molecular flexibility index (Phi) is 4.75. The van der Waals surface area contributed by atoms with Gasteiger partial charge in [-0.1, -0.05) is 30.3 Å². The second kappa shape index (κ2) is 6.53. The number of nitriles is 1.